The zero-order valence-electron chi connectivity index (χ0n) is 13.3. The van der Waals surface area contributed by atoms with Crippen molar-refractivity contribution in [2.45, 2.75) is 38.8 Å². The number of alkyl carbamates (subject to hydrolysis) is 1. The Balaban J connectivity index is 0.00000484. The van der Waals surface area contributed by atoms with Crippen LogP contribution < -0.4 is 11.1 Å². The third kappa shape index (κ3) is 9.05. The molecule has 3 N–H and O–H groups in total. The second kappa shape index (κ2) is 12.7. The van der Waals surface area contributed by atoms with Crippen molar-refractivity contribution in [2.24, 2.45) is 5.73 Å². The van der Waals surface area contributed by atoms with E-state index in [-0.39, 0.29) is 25.6 Å². The lowest BCUT2D eigenvalue weighted by atomic mass is 10.1. The lowest BCUT2D eigenvalue weighted by Gasteiger charge is -2.17. The Morgan fingerprint density at radius 3 is 2.48 bits per heavy atom. The standard InChI is InChI=1S/C16H24N2O4.ClH/c1-2-21-15(19)14(10-6-7-11-17)18-16(20)22-12-13-8-4-3-5-9-13;/h3-5,8-9,14H,2,6-7,10-12,17H2,1H3,(H,18,20);1H/t14-;/m0./s1. The Labute approximate surface area is 143 Å². The molecule has 0 spiro atoms. The van der Waals surface area contributed by atoms with Gasteiger partial charge >= 0.3 is 12.1 Å². The topological polar surface area (TPSA) is 90.6 Å². The second-order valence-electron chi connectivity index (χ2n) is 4.80. The number of carbonyl (C=O) groups is 2. The van der Waals surface area contributed by atoms with Crippen molar-refractivity contribution in [2.75, 3.05) is 13.2 Å². The zero-order valence-corrected chi connectivity index (χ0v) is 14.1. The molecule has 0 radical (unpaired) electrons. The predicted molar refractivity (Wildman–Crippen MR) is 90.3 cm³/mol. The third-order valence-electron chi connectivity index (χ3n) is 3.02. The number of benzene rings is 1. The molecule has 6 nitrogen and oxygen atoms in total. The highest BCUT2D eigenvalue weighted by atomic mass is 35.5. The summed E-state index contributed by atoms with van der Waals surface area (Å²) in [7, 11) is 0. The molecule has 0 saturated carbocycles. The Morgan fingerprint density at radius 1 is 1.17 bits per heavy atom. The van der Waals surface area contributed by atoms with E-state index in [1.54, 1.807) is 6.92 Å². The molecule has 0 aliphatic rings. The summed E-state index contributed by atoms with van der Waals surface area (Å²) in [4.78, 5) is 23.6. The van der Waals surface area contributed by atoms with Gasteiger partial charge in [-0.3, -0.25) is 0 Å². The highest BCUT2D eigenvalue weighted by Gasteiger charge is 2.22. The molecule has 0 fully saturated rings. The Bertz CT molecular complexity index is 457. The van der Waals surface area contributed by atoms with Crippen molar-refractivity contribution in [1.82, 2.24) is 5.32 Å². The van der Waals surface area contributed by atoms with Gasteiger partial charge in [0.05, 0.1) is 6.61 Å². The maximum absolute atomic E-state index is 11.8. The minimum absolute atomic E-state index is 0. The van der Waals surface area contributed by atoms with Crippen LogP contribution in [0.5, 0.6) is 0 Å². The average Bonchev–Trinajstić information content (AvgIpc) is 2.53. The number of halogens is 1. The van der Waals surface area contributed by atoms with E-state index in [1.165, 1.54) is 0 Å². The van der Waals surface area contributed by atoms with Crippen LogP contribution in [0, 0.1) is 0 Å². The fourth-order valence-corrected chi connectivity index (χ4v) is 1.89. The number of carbonyl (C=O) groups excluding carboxylic acids is 2. The summed E-state index contributed by atoms with van der Waals surface area (Å²) in [6.45, 7) is 2.70. The Hall–Kier alpha value is -1.79. The Morgan fingerprint density at radius 2 is 1.87 bits per heavy atom. The van der Waals surface area contributed by atoms with Gasteiger partial charge in [-0.05, 0) is 38.3 Å². The maximum Gasteiger partial charge on any atom is 0.408 e. The van der Waals surface area contributed by atoms with Gasteiger partial charge in [-0.15, -0.1) is 12.4 Å². The maximum atomic E-state index is 11.8. The zero-order chi connectivity index (χ0) is 16.2. The summed E-state index contributed by atoms with van der Waals surface area (Å²) in [6, 6.07) is 8.64. The van der Waals surface area contributed by atoms with Crippen molar-refractivity contribution < 1.29 is 19.1 Å². The fourth-order valence-electron chi connectivity index (χ4n) is 1.89. The molecule has 0 unspecified atom stereocenters. The molecule has 0 heterocycles. The van der Waals surface area contributed by atoms with Crippen LogP contribution >= 0.6 is 12.4 Å². The van der Waals surface area contributed by atoms with Crippen LogP contribution in [-0.2, 0) is 20.9 Å². The van der Waals surface area contributed by atoms with Crippen LogP contribution in [0.2, 0.25) is 0 Å². The van der Waals surface area contributed by atoms with Gasteiger partial charge in [0.1, 0.15) is 12.6 Å². The number of unbranched alkanes of at least 4 members (excludes halogenated alkanes) is 1. The van der Waals surface area contributed by atoms with Crippen molar-refractivity contribution >= 4 is 24.5 Å². The van der Waals surface area contributed by atoms with Crippen LogP contribution in [0.15, 0.2) is 30.3 Å². The van der Waals surface area contributed by atoms with Crippen molar-refractivity contribution in [3.8, 4) is 0 Å². The summed E-state index contributed by atoms with van der Waals surface area (Å²) in [5, 5.41) is 2.55. The summed E-state index contributed by atoms with van der Waals surface area (Å²) < 4.78 is 10.1. The predicted octanol–water partition coefficient (Wildman–Crippen LogP) is 2.40. The van der Waals surface area contributed by atoms with Gasteiger partial charge in [0, 0.05) is 0 Å². The number of nitrogens with one attached hydrogen (secondary N) is 1. The number of hydrogen-bond donors (Lipinski definition) is 2. The van der Waals surface area contributed by atoms with E-state index in [1.807, 2.05) is 30.3 Å². The van der Waals surface area contributed by atoms with E-state index in [0.717, 1.165) is 18.4 Å². The molecule has 130 valence electrons. The molecule has 7 heteroatoms. The monoisotopic (exact) mass is 344 g/mol. The van der Waals surface area contributed by atoms with Gasteiger partial charge in [-0.25, -0.2) is 9.59 Å². The summed E-state index contributed by atoms with van der Waals surface area (Å²) in [6.07, 6.45) is 1.38. The molecular weight excluding hydrogens is 320 g/mol. The minimum Gasteiger partial charge on any atom is -0.464 e. The molecule has 0 aromatic heterocycles. The van der Waals surface area contributed by atoms with E-state index in [2.05, 4.69) is 5.32 Å². The normalized spacial score (nSPS) is 11.0. The van der Waals surface area contributed by atoms with Crippen LogP contribution in [0.4, 0.5) is 4.79 Å². The van der Waals surface area contributed by atoms with E-state index in [9.17, 15) is 9.59 Å². The van der Waals surface area contributed by atoms with Crippen molar-refractivity contribution in [3.63, 3.8) is 0 Å². The average molecular weight is 345 g/mol. The number of nitrogens with two attached hydrogens (primary N) is 1. The van der Waals surface area contributed by atoms with Crippen molar-refractivity contribution in [3.05, 3.63) is 35.9 Å². The highest BCUT2D eigenvalue weighted by Crippen LogP contribution is 2.05. The fraction of sp³-hybridized carbons (Fsp3) is 0.500. The Kier molecular flexibility index (Phi) is 11.7. The summed E-state index contributed by atoms with van der Waals surface area (Å²) >= 11 is 0. The van der Waals surface area contributed by atoms with E-state index in [4.69, 9.17) is 15.2 Å². The first-order valence-corrected chi connectivity index (χ1v) is 7.51. The van der Waals surface area contributed by atoms with Gasteiger partial charge < -0.3 is 20.5 Å². The van der Waals surface area contributed by atoms with Gasteiger partial charge in [0.2, 0.25) is 0 Å². The largest absolute Gasteiger partial charge is 0.464 e. The molecule has 1 atom stereocenters. The molecule has 23 heavy (non-hydrogen) atoms. The van der Waals surface area contributed by atoms with E-state index in [0.29, 0.717) is 13.0 Å². The first-order valence-electron chi connectivity index (χ1n) is 7.51. The molecule has 0 aliphatic heterocycles. The third-order valence-corrected chi connectivity index (χ3v) is 3.02. The lowest BCUT2D eigenvalue weighted by molar-refractivity contribution is -0.145. The van der Waals surface area contributed by atoms with Crippen LogP contribution in [0.3, 0.4) is 0 Å². The molecule has 0 bridgehead atoms. The molecule has 0 aliphatic carbocycles. The first kappa shape index (κ1) is 21.2. The van der Waals surface area contributed by atoms with Crippen molar-refractivity contribution in [1.29, 1.82) is 0 Å². The quantitative estimate of drug-likeness (QED) is 0.530. The highest BCUT2D eigenvalue weighted by molar-refractivity contribution is 5.85. The number of amides is 1. The van der Waals surface area contributed by atoms with Crippen LogP contribution in [0.1, 0.15) is 31.7 Å². The molecule has 1 rings (SSSR count). The molecule has 1 aromatic rings. The summed E-state index contributed by atoms with van der Waals surface area (Å²) in [5.41, 5.74) is 6.32. The number of ether oxygens (including phenoxy) is 2. The molecular formula is C16H25ClN2O4. The smallest absolute Gasteiger partial charge is 0.408 e. The van der Waals surface area contributed by atoms with E-state index < -0.39 is 18.1 Å². The van der Waals surface area contributed by atoms with Crippen LogP contribution in [-0.4, -0.2) is 31.3 Å². The minimum atomic E-state index is -0.699. The second-order valence-corrected chi connectivity index (χ2v) is 4.80. The molecule has 1 aromatic carbocycles. The lowest BCUT2D eigenvalue weighted by Crippen LogP contribution is -2.42. The number of hydrogen-bond acceptors (Lipinski definition) is 5. The number of esters is 1. The van der Waals surface area contributed by atoms with E-state index >= 15 is 0 Å². The summed E-state index contributed by atoms with van der Waals surface area (Å²) in [5.74, 6) is -0.448. The molecule has 0 saturated heterocycles. The van der Waals surface area contributed by atoms with Gasteiger partial charge in [-0.1, -0.05) is 30.3 Å². The molecule has 1 amide bonds. The van der Waals surface area contributed by atoms with Gasteiger partial charge in [-0.2, -0.15) is 0 Å². The van der Waals surface area contributed by atoms with Gasteiger partial charge in [0.25, 0.3) is 0 Å². The number of rotatable bonds is 9. The SMILES string of the molecule is CCOC(=O)[C@H](CCCCN)NC(=O)OCc1ccccc1.Cl. The van der Waals surface area contributed by atoms with Gasteiger partial charge in [0.15, 0.2) is 0 Å². The van der Waals surface area contributed by atoms with Crippen LogP contribution in [0.25, 0.3) is 0 Å². The first-order chi connectivity index (χ1) is 10.7.